The zero-order valence-corrected chi connectivity index (χ0v) is 6.00. The van der Waals surface area contributed by atoms with Gasteiger partial charge < -0.3 is 10.2 Å². The highest BCUT2D eigenvalue weighted by atomic mass is 16.4. The molecule has 2 N–H and O–H groups in total. The molecule has 0 aromatic carbocycles. The van der Waals surface area contributed by atoms with Crippen molar-refractivity contribution in [2.24, 2.45) is 0 Å². The lowest BCUT2D eigenvalue weighted by Gasteiger charge is -2.19. The monoisotopic (exact) mass is 144 g/mol. The summed E-state index contributed by atoms with van der Waals surface area (Å²) in [4.78, 5) is 10.1. The Kier molecular flexibility index (Phi) is 3.09. The van der Waals surface area contributed by atoms with Crippen molar-refractivity contribution in [3.63, 3.8) is 0 Å². The lowest BCUT2D eigenvalue weighted by Crippen LogP contribution is -2.27. The lowest BCUT2D eigenvalue weighted by atomic mass is 9.97. The number of aliphatic carboxylic acids is 1. The van der Waals surface area contributed by atoms with E-state index in [9.17, 15) is 9.90 Å². The van der Waals surface area contributed by atoms with Crippen LogP contribution in [0.2, 0.25) is 0 Å². The van der Waals surface area contributed by atoms with Crippen LogP contribution in [0.15, 0.2) is 12.7 Å². The first kappa shape index (κ1) is 9.17. The molecule has 10 heavy (non-hydrogen) atoms. The molecule has 1 unspecified atom stereocenters. The van der Waals surface area contributed by atoms with Crippen LogP contribution in [-0.2, 0) is 4.79 Å². The van der Waals surface area contributed by atoms with Crippen LogP contribution in [0.25, 0.3) is 0 Å². The quantitative estimate of drug-likeness (QED) is 0.573. The molecule has 0 spiro atoms. The molecule has 58 valence electrons. The van der Waals surface area contributed by atoms with E-state index < -0.39 is 11.6 Å². The second kappa shape index (κ2) is 3.37. The lowest BCUT2D eigenvalue weighted by molar-refractivity contribution is -0.141. The summed E-state index contributed by atoms with van der Waals surface area (Å²) in [5, 5.41) is 17.6. The maximum absolute atomic E-state index is 10.1. The fourth-order valence-electron chi connectivity index (χ4n) is 0.603. The SMILES string of the molecule is C=CC(O)(CC)CC(=O)O. The Balaban J connectivity index is 4.05. The third kappa shape index (κ3) is 2.64. The van der Waals surface area contributed by atoms with E-state index in [0.717, 1.165) is 0 Å². The molecule has 0 aliphatic carbocycles. The van der Waals surface area contributed by atoms with Gasteiger partial charge in [0.2, 0.25) is 0 Å². The van der Waals surface area contributed by atoms with Gasteiger partial charge in [-0.3, -0.25) is 4.79 Å². The number of hydrogen-bond donors (Lipinski definition) is 2. The van der Waals surface area contributed by atoms with Crippen molar-refractivity contribution >= 4 is 5.97 Å². The van der Waals surface area contributed by atoms with Crippen LogP contribution in [-0.4, -0.2) is 21.8 Å². The first-order valence-electron chi connectivity index (χ1n) is 3.12. The molecule has 0 saturated carbocycles. The smallest absolute Gasteiger partial charge is 0.306 e. The minimum Gasteiger partial charge on any atom is -0.481 e. The van der Waals surface area contributed by atoms with Gasteiger partial charge in [0.05, 0.1) is 12.0 Å². The minimum absolute atomic E-state index is 0.271. The third-order valence-electron chi connectivity index (χ3n) is 1.45. The van der Waals surface area contributed by atoms with E-state index in [4.69, 9.17) is 5.11 Å². The Morgan fingerprint density at radius 2 is 2.30 bits per heavy atom. The number of carboxylic acids is 1. The van der Waals surface area contributed by atoms with Crippen molar-refractivity contribution < 1.29 is 15.0 Å². The van der Waals surface area contributed by atoms with Crippen molar-refractivity contribution in [2.45, 2.75) is 25.4 Å². The first-order chi connectivity index (χ1) is 4.54. The molecule has 0 aliphatic heterocycles. The van der Waals surface area contributed by atoms with Gasteiger partial charge in [-0.1, -0.05) is 13.0 Å². The molecule has 3 nitrogen and oxygen atoms in total. The molecule has 0 bridgehead atoms. The van der Waals surface area contributed by atoms with Gasteiger partial charge in [0.15, 0.2) is 0 Å². The molecule has 0 aliphatic rings. The largest absolute Gasteiger partial charge is 0.481 e. The van der Waals surface area contributed by atoms with Crippen LogP contribution in [0.3, 0.4) is 0 Å². The number of carboxylic acid groups (broad SMARTS) is 1. The summed E-state index contributed by atoms with van der Waals surface area (Å²) < 4.78 is 0. The Morgan fingerprint density at radius 3 is 2.40 bits per heavy atom. The van der Waals surface area contributed by atoms with Crippen LogP contribution in [0.4, 0.5) is 0 Å². The van der Waals surface area contributed by atoms with Crippen LogP contribution in [0.5, 0.6) is 0 Å². The van der Waals surface area contributed by atoms with E-state index >= 15 is 0 Å². The molecule has 0 amide bonds. The van der Waals surface area contributed by atoms with E-state index in [0.29, 0.717) is 6.42 Å². The Bertz CT molecular complexity index is 142. The number of carbonyl (C=O) groups is 1. The maximum atomic E-state index is 10.1. The summed E-state index contributed by atoms with van der Waals surface area (Å²) in [5.74, 6) is -1.01. The molecular weight excluding hydrogens is 132 g/mol. The zero-order valence-electron chi connectivity index (χ0n) is 6.00. The van der Waals surface area contributed by atoms with Gasteiger partial charge in [0.1, 0.15) is 0 Å². The molecular formula is C7H12O3. The highest BCUT2D eigenvalue weighted by Crippen LogP contribution is 2.15. The van der Waals surface area contributed by atoms with Gasteiger partial charge >= 0.3 is 5.97 Å². The first-order valence-corrected chi connectivity index (χ1v) is 3.12. The second-order valence-corrected chi connectivity index (χ2v) is 2.23. The maximum Gasteiger partial charge on any atom is 0.306 e. The van der Waals surface area contributed by atoms with Crippen LogP contribution in [0.1, 0.15) is 19.8 Å². The fraction of sp³-hybridized carbons (Fsp3) is 0.571. The Labute approximate surface area is 60.0 Å². The summed E-state index contributed by atoms with van der Waals surface area (Å²) >= 11 is 0. The van der Waals surface area contributed by atoms with Crippen molar-refractivity contribution in [3.05, 3.63) is 12.7 Å². The van der Waals surface area contributed by atoms with Gasteiger partial charge in [0, 0.05) is 0 Å². The molecule has 1 atom stereocenters. The average molecular weight is 144 g/mol. The van der Waals surface area contributed by atoms with Crippen molar-refractivity contribution in [1.29, 1.82) is 0 Å². The molecule has 0 radical (unpaired) electrons. The summed E-state index contributed by atoms with van der Waals surface area (Å²) in [6.45, 7) is 5.06. The summed E-state index contributed by atoms with van der Waals surface area (Å²) in [6, 6.07) is 0. The molecule has 0 heterocycles. The minimum atomic E-state index is -1.23. The standard InChI is InChI=1S/C7H12O3/c1-3-7(10,4-2)5-6(8)9/h3,10H,1,4-5H2,2H3,(H,8,9). The number of hydrogen-bond acceptors (Lipinski definition) is 2. The van der Waals surface area contributed by atoms with Crippen LogP contribution < -0.4 is 0 Å². The number of rotatable bonds is 4. The summed E-state index contributed by atoms with van der Waals surface area (Å²) in [5.41, 5.74) is -1.23. The van der Waals surface area contributed by atoms with E-state index in [-0.39, 0.29) is 6.42 Å². The number of aliphatic hydroxyl groups is 1. The second-order valence-electron chi connectivity index (χ2n) is 2.23. The summed E-state index contributed by atoms with van der Waals surface area (Å²) in [7, 11) is 0. The highest BCUT2D eigenvalue weighted by Gasteiger charge is 2.23. The average Bonchev–Trinajstić information content (AvgIpc) is 1.87. The molecule has 0 aromatic heterocycles. The van der Waals surface area contributed by atoms with Gasteiger partial charge in [0.25, 0.3) is 0 Å². The van der Waals surface area contributed by atoms with Gasteiger partial charge in [-0.2, -0.15) is 0 Å². The van der Waals surface area contributed by atoms with Crippen molar-refractivity contribution in [2.75, 3.05) is 0 Å². The van der Waals surface area contributed by atoms with Crippen LogP contribution >= 0.6 is 0 Å². The highest BCUT2D eigenvalue weighted by molar-refractivity contribution is 5.68. The Hall–Kier alpha value is -0.830. The van der Waals surface area contributed by atoms with Gasteiger partial charge in [-0.15, -0.1) is 6.58 Å². The van der Waals surface area contributed by atoms with E-state index in [1.54, 1.807) is 6.92 Å². The van der Waals surface area contributed by atoms with Crippen molar-refractivity contribution in [1.82, 2.24) is 0 Å². The normalized spacial score (nSPS) is 15.8. The molecule has 0 saturated heterocycles. The van der Waals surface area contributed by atoms with E-state index in [1.165, 1.54) is 6.08 Å². The predicted octanol–water partition coefficient (Wildman–Crippen LogP) is 0.788. The summed E-state index contributed by atoms with van der Waals surface area (Å²) in [6.07, 6.45) is 1.37. The predicted molar refractivity (Wildman–Crippen MR) is 37.7 cm³/mol. The van der Waals surface area contributed by atoms with Crippen molar-refractivity contribution in [3.8, 4) is 0 Å². The van der Waals surface area contributed by atoms with E-state index in [2.05, 4.69) is 6.58 Å². The molecule has 0 fully saturated rings. The van der Waals surface area contributed by atoms with Gasteiger partial charge in [-0.25, -0.2) is 0 Å². The van der Waals surface area contributed by atoms with E-state index in [1.807, 2.05) is 0 Å². The molecule has 0 aromatic rings. The fourth-order valence-corrected chi connectivity index (χ4v) is 0.603. The Morgan fingerprint density at radius 1 is 1.80 bits per heavy atom. The van der Waals surface area contributed by atoms with Crippen LogP contribution in [0, 0.1) is 0 Å². The zero-order chi connectivity index (χ0) is 8.20. The third-order valence-corrected chi connectivity index (χ3v) is 1.45. The molecule has 0 rings (SSSR count). The van der Waals surface area contributed by atoms with Gasteiger partial charge in [-0.05, 0) is 6.42 Å². The topological polar surface area (TPSA) is 57.5 Å². The molecule has 3 heteroatoms.